The third-order valence-electron chi connectivity index (χ3n) is 2.09. The van der Waals surface area contributed by atoms with Crippen LogP contribution in [0.3, 0.4) is 0 Å². The number of nitrogens with zero attached hydrogens (tertiary/aromatic N) is 2. The SMILES string of the molecule is COc1c(Br)cc(CNc2cnns2)cc1Br. The lowest BCUT2D eigenvalue weighted by Crippen LogP contribution is -1.98. The van der Waals surface area contributed by atoms with E-state index in [1.807, 2.05) is 12.1 Å². The maximum atomic E-state index is 5.25. The van der Waals surface area contributed by atoms with Gasteiger partial charge < -0.3 is 10.1 Å². The fourth-order valence-corrected chi connectivity index (χ4v) is 3.36. The number of methoxy groups -OCH3 is 1. The molecule has 1 aromatic carbocycles. The van der Waals surface area contributed by atoms with E-state index in [9.17, 15) is 0 Å². The number of halogens is 2. The van der Waals surface area contributed by atoms with Crippen LogP contribution in [-0.2, 0) is 6.54 Å². The van der Waals surface area contributed by atoms with Crippen molar-refractivity contribution in [3.63, 3.8) is 0 Å². The minimum absolute atomic E-state index is 0.713. The largest absolute Gasteiger partial charge is 0.494 e. The topological polar surface area (TPSA) is 47.0 Å². The third-order valence-corrected chi connectivity index (χ3v) is 3.89. The Morgan fingerprint density at radius 1 is 1.35 bits per heavy atom. The van der Waals surface area contributed by atoms with Crippen molar-refractivity contribution >= 4 is 48.4 Å². The molecule has 1 N–H and O–H groups in total. The first-order valence-corrected chi connectivity index (χ1v) is 7.10. The molecule has 0 aliphatic rings. The van der Waals surface area contributed by atoms with Gasteiger partial charge in [0.15, 0.2) is 0 Å². The van der Waals surface area contributed by atoms with Gasteiger partial charge in [0.25, 0.3) is 0 Å². The van der Waals surface area contributed by atoms with E-state index in [0.717, 1.165) is 25.3 Å². The lowest BCUT2D eigenvalue weighted by atomic mass is 10.2. The summed E-state index contributed by atoms with van der Waals surface area (Å²) >= 11 is 8.28. The van der Waals surface area contributed by atoms with Crippen LogP contribution in [0.2, 0.25) is 0 Å². The smallest absolute Gasteiger partial charge is 0.147 e. The second kappa shape index (κ2) is 5.79. The van der Waals surface area contributed by atoms with Crippen molar-refractivity contribution in [1.29, 1.82) is 0 Å². The highest BCUT2D eigenvalue weighted by atomic mass is 79.9. The number of nitrogens with one attached hydrogen (secondary N) is 1. The van der Waals surface area contributed by atoms with E-state index in [-0.39, 0.29) is 0 Å². The zero-order valence-electron chi connectivity index (χ0n) is 8.91. The van der Waals surface area contributed by atoms with Crippen molar-refractivity contribution in [2.45, 2.75) is 6.54 Å². The fraction of sp³-hybridized carbons (Fsp3) is 0.200. The lowest BCUT2D eigenvalue weighted by Gasteiger charge is -2.09. The summed E-state index contributed by atoms with van der Waals surface area (Å²) in [5, 5.41) is 7.96. The normalized spacial score (nSPS) is 10.3. The first-order valence-electron chi connectivity index (χ1n) is 4.74. The van der Waals surface area contributed by atoms with Crippen molar-refractivity contribution in [1.82, 2.24) is 9.59 Å². The summed E-state index contributed by atoms with van der Waals surface area (Å²) in [6.45, 7) is 0.713. The molecule has 1 heterocycles. The van der Waals surface area contributed by atoms with Crippen LogP contribution in [0, 0.1) is 0 Å². The Bertz CT molecular complexity index is 481. The van der Waals surface area contributed by atoms with Gasteiger partial charge in [0.05, 0.1) is 22.3 Å². The van der Waals surface area contributed by atoms with Gasteiger partial charge in [0.1, 0.15) is 10.8 Å². The molecule has 0 saturated heterocycles. The molecule has 0 bridgehead atoms. The number of hydrogen-bond acceptors (Lipinski definition) is 5. The number of anilines is 1. The number of ether oxygens (including phenoxy) is 1. The first kappa shape index (κ1) is 12.8. The fourth-order valence-electron chi connectivity index (χ4n) is 1.34. The highest BCUT2D eigenvalue weighted by molar-refractivity contribution is 9.11. The van der Waals surface area contributed by atoms with Gasteiger partial charge >= 0.3 is 0 Å². The maximum Gasteiger partial charge on any atom is 0.147 e. The van der Waals surface area contributed by atoms with Crippen LogP contribution in [0.4, 0.5) is 5.00 Å². The van der Waals surface area contributed by atoms with Crippen LogP contribution in [-0.4, -0.2) is 16.7 Å². The van der Waals surface area contributed by atoms with Crippen molar-refractivity contribution in [3.8, 4) is 5.75 Å². The summed E-state index contributed by atoms with van der Waals surface area (Å²) in [6, 6.07) is 4.04. The molecular formula is C10H9Br2N3OS. The number of benzene rings is 1. The monoisotopic (exact) mass is 377 g/mol. The molecule has 7 heteroatoms. The van der Waals surface area contributed by atoms with Gasteiger partial charge in [-0.05, 0) is 49.6 Å². The summed E-state index contributed by atoms with van der Waals surface area (Å²) in [6.07, 6.45) is 1.71. The molecule has 1 aromatic heterocycles. The number of rotatable bonds is 4. The van der Waals surface area contributed by atoms with Crippen LogP contribution in [0.25, 0.3) is 0 Å². The Morgan fingerprint density at radius 2 is 2.06 bits per heavy atom. The summed E-state index contributed by atoms with van der Waals surface area (Å²) in [7, 11) is 1.64. The van der Waals surface area contributed by atoms with Gasteiger partial charge in [0, 0.05) is 18.1 Å². The minimum atomic E-state index is 0.713. The Labute approximate surface area is 120 Å². The van der Waals surface area contributed by atoms with Gasteiger partial charge in [0.2, 0.25) is 0 Å². The Balaban J connectivity index is 2.12. The van der Waals surface area contributed by atoms with E-state index in [1.165, 1.54) is 11.5 Å². The Morgan fingerprint density at radius 3 is 2.59 bits per heavy atom. The van der Waals surface area contributed by atoms with Crippen LogP contribution in [0.1, 0.15) is 5.56 Å². The average Bonchev–Trinajstić information content (AvgIpc) is 2.79. The van der Waals surface area contributed by atoms with Gasteiger partial charge in [-0.1, -0.05) is 4.49 Å². The molecule has 0 fully saturated rings. The molecule has 2 aromatic rings. The van der Waals surface area contributed by atoms with E-state index in [4.69, 9.17) is 4.74 Å². The molecule has 0 aliphatic carbocycles. The minimum Gasteiger partial charge on any atom is -0.494 e. The predicted molar refractivity (Wildman–Crippen MR) is 75.6 cm³/mol. The van der Waals surface area contributed by atoms with E-state index in [2.05, 4.69) is 46.8 Å². The van der Waals surface area contributed by atoms with Crippen molar-refractivity contribution in [2.75, 3.05) is 12.4 Å². The van der Waals surface area contributed by atoms with Gasteiger partial charge in [-0.2, -0.15) is 0 Å². The van der Waals surface area contributed by atoms with Gasteiger partial charge in [-0.25, -0.2) is 0 Å². The van der Waals surface area contributed by atoms with E-state index >= 15 is 0 Å². The summed E-state index contributed by atoms with van der Waals surface area (Å²) in [5.41, 5.74) is 1.14. The zero-order chi connectivity index (χ0) is 12.3. The standard InChI is InChI=1S/C10H9Br2N3OS/c1-16-10-7(11)2-6(3-8(10)12)4-13-9-5-14-15-17-9/h2-3,5,13H,4H2,1H3. The molecule has 0 aliphatic heterocycles. The average molecular weight is 379 g/mol. The highest BCUT2D eigenvalue weighted by Gasteiger charge is 2.07. The highest BCUT2D eigenvalue weighted by Crippen LogP contribution is 2.34. The van der Waals surface area contributed by atoms with E-state index in [1.54, 1.807) is 13.3 Å². The third kappa shape index (κ3) is 3.17. The second-order valence-electron chi connectivity index (χ2n) is 3.23. The van der Waals surface area contributed by atoms with Crippen LogP contribution >= 0.6 is 43.4 Å². The predicted octanol–water partition coefficient (Wildman–Crippen LogP) is 3.68. The molecule has 0 radical (unpaired) electrons. The molecule has 0 saturated carbocycles. The van der Waals surface area contributed by atoms with Crippen molar-refractivity contribution in [3.05, 3.63) is 32.8 Å². The lowest BCUT2D eigenvalue weighted by molar-refractivity contribution is 0.409. The molecule has 0 atom stereocenters. The summed E-state index contributed by atoms with van der Waals surface area (Å²) < 4.78 is 10.9. The van der Waals surface area contributed by atoms with Crippen LogP contribution in [0.5, 0.6) is 5.75 Å². The molecule has 2 rings (SSSR count). The van der Waals surface area contributed by atoms with E-state index < -0.39 is 0 Å². The van der Waals surface area contributed by atoms with E-state index in [0.29, 0.717) is 6.54 Å². The van der Waals surface area contributed by atoms with Crippen LogP contribution < -0.4 is 10.1 Å². The van der Waals surface area contributed by atoms with Crippen LogP contribution in [0.15, 0.2) is 27.3 Å². The first-order chi connectivity index (χ1) is 8.20. The maximum absolute atomic E-state index is 5.25. The zero-order valence-corrected chi connectivity index (χ0v) is 12.9. The molecule has 90 valence electrons. The summed E-state index contributed by atoms with van der Waals surface area (Å²) in [5.74, 6) is 0.799. The molecule has 0 unspecified atom stereocenters. The second-order valence-corrected chi connectivity index (χ2v) is 5.72. The molecular weight excluding hydrogens is 370 g/mol. The Kier molecular flexibility index (Phi) is 4.36. The summed E-state index contributed by atoms with van der Waals surface area (Å²) in [4.78, 5) is 0. The van der Waals surface area contributed by atoms with Gasteiger partial charge in [-0.3, -0.25) is 0 Å². The Hall–Kier alpha value is -0.660. The number of aromatic nitrogens is 2. The molecule has 0 spiro atoms. The van der Waals surface area contributed by atoms with Crippen molar-refractivity contribution < 1.29 is 4.74 Å². The van der Waals surface area contributed by atoms with Gasteiger partial charge in [-0.15, -0.1) is 5.10 Å². The van der Waals surface area contributed by atoms with Crippen molar-refractivity contribution in [2.24, 2.45) is 0 Å². The molecule has 17 heavy (non-hydrogen) atoms. The molecule has 0 amide bonds. The molecule has 4 nitrogen and oxygen atoms in total. The number of hydrogen-bond donors (Lipinski definition) is 1. The quantitative estimate of drug-likeness (QED) is 0.881.